The Kier molecular flexibility index (Phi) is 2.92. The van der Waals surface area contributed by atoms with E-state index in [-0.39, 0.29) is 6.54 Å². The van der Waals surface area contributed by atoms with Gasteiger partial charge in [0.1, 0.15) is 12.1 Å². The molecule has 0 radical (unpaired) electrons. The highest BCUT2D eigenvalue weighted by molar-refractivity contribution is 5.79. The van der Waals surface area contributed by atoms with Gasteiger partial charge in [0.15, 0.2) is 0 Å². The third kappa shape index (κ3) is 1.78. The Morgan fingerprint density at radius 1 is 1.78 bits per heavy atom. The summed E-state index contributed by atoms with van der Waals surface area (Å²) in [6.45, 7) is 1.86. The summed E-state index contributed by atoms with van der Waals surface area (Å²) < 4.78 is 13.0. The normalized spacial score (nSPS) is 27.8. The van der Waals surface area contributed by atoms with Crippen LogP contribution in [0.1, 0.15) is 6.92 Å². The smallest absolute Gasteiger partial charge is 0.368 e. The van der Waals surface area contributed by atoms with Gasteiger partial charge < -0.3 is 10.0 Å². The second-order valence-corrected chi connectivity index (χ2v) is 4.02. The maximum Gasteiger partial charge on any atom is 0.368 e. The molecular formula is C10H10FN3O4. The standard InChI is InChI=1S/C10H10FN3O4/c1-5-2-6(3-12)13-4-7(5)14(10(13)17)18-8(11)9(15)16/h2,6-8H,4H2,1H3,(H,15,16)/t6-,7-,8?/m0/s1. The van der Waals surface area contributed by atoms with E-state index in [1.807, 2.05) is 6.07 Å². The van der Waals surface area contributed by atoms with Crippen LogP contribution in [0, 0.1) is 11.3 Å². The first-order valence-corrected chi connectivity index (χ1v) is 5.17. The zero-order chi connectivity index (χ0) is 13.4. The second kappa shape index (κ2) is 4.27. The number of amides is 2. The van der Waals surface area contributed by atoms with Gasteiger partial charge in [-0.25, -0.2) is 18.8 Å². The molecule has 3 atom stereocenters. The molecule has 1 N–H and O–H groups in total. The number of urea groups is 1. The number of aliphatic carboxylic acids is 1. The molecule has 7 nitrogen and oxygen atoms in total. The molecule has 0 aromatic rings. The Morgan fingerprint density at radius 2 is 2.44 bits per heavy atom. The number of rotatable bonds is 3. The molecule has 96 valence electrons. The molecule has 0 aromatic carbocycles. The first-order valence-electron chi connectivity index (χ1n) is 5.17. The number of carbonyl (C=O) groups is 2. The van der Waals surface area contributed by atoms with Crippen LogP contribution in [-0.4, -0.2) is 52.1 Å². The molecule has 2 heterocycles. The summed E-state index contributed by atoms with van der Waals surface area (Å²) in [6, 6.07) is -0.0667. The SMILES string of the molecule is CC1=C[C@@H](C#N)N2C[C@@H]1N(OC(F)C(=O)O)C2=O. The molecule has 8 heteroatoms. The molecule has 2 amide bonds. The number of halogens is 1. The van der Waals surface area contributed by atoms with E-state index in [1.165, 1.54) is 4.90 Å². The number of carboxylic acid groups (broad SMARTS) is 1. The molecule has 1 unspecified atom stereocenters. The Bertz CT molecular complexity index is 472. The lowest BCUT2D eigenvalue weighted by Crippen LogP contribution is -2.39. The Hall–Kier alpha value is -2.14. The number of carboxylic acids is 1. The van der Waals surface area contributed by atoms with Gasteiger partial charge in [-0.3, -0.25) is 0 Å². The van der Waals surface area contributed by atoms with Crippen LogP contribution in [0.2, 0.25) is 0 Å². The molecule has 2 aliphatic heterocycles. The number of fused-ring (bicyclic) bond motifs is 2. The van der Waals surface area contributed by atoms with E-state index in [0.717, 1.165) is 0 Å². The van der Waals surface area contributed by atoms with Gasteiger partial charge in [-0.15, -0.1) is 0 Å². The van der Waals surface area contributed by atoms with Crippen molar-refractivity contribution in [3.05, 3.63) is 11.6 Å². The number of carbonyl (C=O) groups excluding carboxylic acids is 1. The zero-order valence-electron chi connectivity index (χ0n) is 9.41. The molecule has 0 aliphatic carbocycles. The van der Waals surface area contributed by atoms with E-state index in [9.17, 15) is 14.0 Å². The van der Waals surface area contributed by atoms with Crippen molar-refractivity contribution in [1.82, 2.24) is 9.96 Å². The minimum absolute atomic E-state index is 0.186. The maximum absolute atomic E-state index is 13.0. The second-order valence-electron chi connectivity index (χ2n) is 4.02. The predicted molar refractivity (Wildman–Crippen MR) is 54.5 cm³/mol. The number of hydrogen-bond donors (Lipinski definition) is 1. The third-order valence-electron chi connectivity index (χ3n) is 2.90. The van der Waals surface area contributed by atoms with Crippen molar-refractivity contribution in [3.8, 4) is 6.07 Å². The van der Waals surface area contributed by atoms with Gasteiger partial charge >= 0.3 is 18.4 Å². The fourth-order valence-corrected chi connectivity index (χ4v) is 1.98. The minimum atomic E-state index is -2.61. The molecule has 0 aromatic heterocycles. The van der Waals surface area contributed by atoms with Gasteiger partial charge in [0.25, 0.3) is 0 Å². The van der Waals surface area contributed by atoms with Crippen LogP contribution in [0.4, 0.5) is 9.18 Å². The Morgan fingerprint density at radius 3 is 3.00 bits per heavy atom. The summed E-state index contributed by atoms with van der Waals surface area (Å²) in [5.74, 6) is -1.81. The number of hydroxylamine groups is 2. The van der Waals surface area contributed by atoms with Gasteiger partial charge in [-0.05, 0) is 18.6 Å². The van der Waals surface area contributed by atoms with E-state index in [1.54, 1.807) is 13.0 Å². The van der Waals surface area contributed by atoms with Gasteiger partial charge in [-0.2, -0.15) is 10.3 Å². The summed E-state index contributed by atoms with van der Waals surface area (Å²) in [5, 5.41) is 18.0. The quantitative estimate of drug-likeness (QED) is 0.730. The topological polar surface area (TPSA) is 93.9 Å². The van der Waals surface area contributed by atoms with E-state index < -0.39 is 30.4 Å². The number of nitriles is 1. The van der Waals surface area contributed by atoms with Gasteiger partial charge in [-0.1, -0.05) is 0 Å². The lowest BCUT2D eigenvalue weighted by atomic mass is 10.0. The van der Waals surface area contributed by atoms with Gasteiger partial charge in [0, 0.05) is 0 Å². The van der Waals surface area contributed by atoms with Crippen molar-refractivity contribution in [1.29, 1.82) is 5.26 Å². The minimum Gasteiger partial charge on any atom is -0.477 e. The molecule has 0 spiro atoms. The van der Waals surface area contributed by atoms with Crippen LogP contribution in [0.15, 0.2) is 11.6 Å². The number of nitrogens with zero attached hydrogens (tertiary/aromatic N) is 3. The number of hydrogen-bond acceptors (Lipinski definition) is 4. The highest BCUT2D eigenvalue weighted by Crippen LogP contribution is 2.30. The molecule has 2 bridgehead atoms. The average molecular weight is 255 g/mol. The molecular weight excluding hydrogens is 245 g/mol. The van der Waals surface area contributed by atoms with Gasteiger partial charge in [0.2, 0.25) is 0 Å². The lowest BCUT2D eigenvalue weighted by Gasteiger charge is -2.24. The molecule has 1 fully saturated rings. The highest BCUT2D eigenvalue weighted by Gasteiger charge is 2.47. The molecule has 1 saturated heterocycles. The van der Waals surface area contributed by atoms with Crippen molar-refractivity contribution in [3.63, 3.8) is 0 Å². The summed E-state index contributed by atoms with van der Waals surface area (Å²) in [4.78, 5) is 27.9. The molecule has 2 rings (SSSR count). The van der Waals surface area contributed by atoms with E-state index in [4.69, 9.17) is 10.4 Å². The van der Waals surface area contributed by atoms with E-state index >= 15 is 0 Å². The fraction of sp³-hybridized carbons (Fsp3) is 0.500. The van der Waals surface area contributed by atoms with Crippen LogP contribution >= 0.6 is 0 Å². The molecule has 0 saturated carbocycles. The third-order valence-corrected chi connectivity index (χ3v) is 2.90. The maximum atomic E-state index is 13.0. The largest absolute Gasteiger partial charge is 0.477 e. The van der Waals surface area contributed by atoms with Crippen molar-refractivity contribution in [2.24, 2.45) is 0 Å². The predicted octanol–water partition coefficient (Wildman–Crippen LogP) is 0.256. The first-order chi connectivity index (χ1) is 8.45. The van der Waals surface area contributed by atoms with Crippen LogP contribution in [0.3, 0.4) is 0 Å². The number of alkyl halides is 1. The van der Waals surface area contributed by atoms with Crippen LogP contribution in [0.25, 0.3) is 0 Å². The zero-order valence-corrected chi connectivity index (χ0v) is 9.41. The van der Waals surface area contributed by atoms with Crippen molar-refractivity contribution in [2.75, 3.05) is 6.54 Å². The van der Waals surface area contributed by atoms with Crippen LogP contribution < -0.4 is 0 Å². The summed E-state index contributed by atoms with van der Waals surface area (Å²) in [7, 11) is 0. The van der Waals surface area contributed by atoms with E-state index in [2.05, 4.69) is 4.84 Å². The lowest BCUT2D eigenvalue weighted by molar-refractivity contribution is -0.220. The summed E-state index contributed by atoms with van der Waals surface area (Å²) >= 11 is 0. The van der Waals surface area contributed by atoms with Crippen molar-refractivity contribution in [2.45, 2.75) is 25.4 Å². The molecule has 2 aliphatic rings. The highest BCUT2D eigenvalue weighted by atomic mass is 19.1. The Balaban J connectivity index is 2.21. The van der Waals surface area contributed by atoms with Crippen LogP contribution in [0.5, 0.6) is 0 Å². The average Bonchev–Trinajstić information content (AvgIpc) is 2.60. The van der Waals surface area contributed by atoms with E-state index in [0.29, 0.717) is 10.6 Å². The molecule has 18 heavy (non-hydrogen) atoms. The summed E-state index contributed by atoms with van der Waals surface area (Å²) in [6.07, 6.45) is -1.04. The fourth-order valence-electron chi connectivity index (χ4n) is 1.98. The summed E-state index contributed by atoms with van der Waals surface area (Å²) in [5.41, 5.74) is 0.668. The van der Waals surface area contributed by atoms with Crippen molar-refractivity contribution >= 4 is 12.0 Å². The van der Waals surface area contributed by atoms with Crippen molar-refractivity contribution < 1.29 is 23.9 Å². The first kappa shape index (κ1) is 12.3. The van der Waals surface area contributed by atoms with Gasteiger partial charge in [0.05, 0.1) is 12.6 Å². The monoisotopic (exact) mass is 255 g/mol. The van der Waals surface area contributed by atoms with Crippen LogP contribution in [-0.2, 0) is 9.63 Å². The Labute approximate surface area is 102 Å².